The van der Waals surface area contributed by atoms with Crippen molar-refractivity contribution in [2.75, 3.05) is 6.61 Å². The van der Waals surface area contributed by atoms with Crippen molar-refractivity contribution in [2.45, 2.75) is 33.1 Å². The van der Waals surface area contributed by atoms with E-state index in [9.17, 15) is 9.59 Å². The van der Waals surface area contributed by atoms with Crippen molar-refractivity contribution in [3.8, 4) is 0 Å². The van der Waals surface area contributed by atoms with Crippen LogP contribution in [0, 0.1) is 6.92 Å². The highest BCUT2D eigenvalue weighted by atomic mass is 35.5. The summed E-state index contributed by atoms with van der Waals surface area (Å²) in [5.74, 6) is -0.855. The Kier molecular flexibility index (Phi) is 6.03. The SMILES string of the molecule is Cc1nn(C)c(Cl)c1/C=C/C(=O)OCC(=O)c1ccc(C(C)(C)C)cc1. The van der Waals surface area contributed by atoms with Crippen LogP contribution in [-0.2, 0) is 22.0 Å². The number of aryl methyl sites for hydroxylation is 2. The number of nitrogens with zero attached hydrogens (tertiary/aromatic N) is 2. The van der Waals surface area contributed by atoms with E-state index in [0.29, 0.717) is 22.0 Å². The maximum atomic E-state index is 12.2. The van der Waals surface area contributed by atoms with Crippen molar-refractivity contribution in [2.24, 2.45) is 7.05 Å². The molecular formula is C20H23ClN2O3. The lowest BCUT2D eigenvalue weighted by Gasteiger charge is -2.18. The van der Waals surface area contributed by atoms with Gasteiger partial charge in [0.2, 0.25) is 0 Å². The predicted molar refractivity (Wildman–Crippen MR) is 102 cm³/mol. The minimum atomic E-state index is -0.607. The molecule has 5 nitrogen and oxygen atoms in total. The molecule has 6 heteroatoms. The first-order chi connectivity index (χ1) is 12.1. The first-order valence-corrected chi connectivity index (χ1v) is 8.65. The summed E-state index contributed by atoms with van der Waals surface area (Å²) in [6.45, 7) is 7.80. The maximum Gasteiger partial charge on any atom is 0.331 e. The Morgan fingerprint density at radius 2 is 1.85 bits per heavy atom. The molecule has 26 heavy (non-hydrogen) atoms. The van der Waals surface area contributed by atoms with E-state index in [-0.39, 0.29) is 17.8 Å². The molecule has 2 rings (SSSR count). The number of carbonyl (C=O) groups excluding carboxylic acids is 2. The van der Waals surface area contributed by atoms with Gasteiger partial charge in [0.1, 0.15) is 5.15 Å². The number of ketones is 1. The van der Waals surface area contributed by atoms with E-state index in [0.717, 1.165) is 5.56 Å². The van der Waals surface area contributed by atoms with E-state index in [1.165, 1.54) is 16.8 Å². The first kappa shape index (κ1) is 19.9. The number of hydrogen-bond acceptors (Lipinski definition) is 4. The summed E-state index contributed by atoms with van der Waals surface area (Å²) in [5.41, 5.74) is 3.02. The molecule has 0 saturated carbocycles. The van der Waals surface area contributed by atoms with Gasteiger partial charge in [0.15, 0.2) is 12.4 Å². The average molecular weight is 375 g/mol. The highest BCUT2D eigenvalue weighted by Crippen LogP contribution is 2.22. The molecule has 0 amide bonds. The lowest BCUT2D eigenvalue weighted by atomic mass is 9.86. The third-order valence-electron chi connectivity index (χ3n) is 4.00. The van der Waals surface area contributed by atoms with Crippen molar-refractivity contribution >= 4 is 29.4 Å². The normalized spacial score (nSPS) is 11.8. The van der Waals surface area contributed by atoms with Crippen LogP contribution < -0.4 is 0 Å². The number of rotatable bonds is 5. The minimum absolute atomic E-state index is 0.0184. The van der Waals surface area contributed by atoms with Gasteiger partial charge in [-0.05, 0) is 24.0 Å². The Morgan fingerprint density at radius 3 is 2.35 bits per heavy atom. The van der Waals surface area contributed by atoms with Gasteiger partial charge in [-0.25, -0.2) is 4.79 Å². The van der Waals surface area contributed by atoms with E-state index >= 15 is 0 Å². The van der Waals surface area contributed by atoms with Crippen molar-refractivity contribution in [1.82, 2.24) is 9.78 Å². The Morgan fingerprint density at radius 1 is 1.23 bits per heavy atom. The maximum absolute atomic E-state index is 12.2. The van der Waals surface area contributed by atoms with E-state index in [1.807, 2.05) is 12.1 Å². The van der Waals surface area contributed by atoms with Crippen LogP contribution in [0.15, 0.2) is 30.3 Å². The summed E-state index contributed by atoms with van der Waals surface area (Å²) in [4.78, 5) is 24.0. The highest BCUT2D eigenvalue weighted by molar-refractivity contribution is 6.31. The Balaban J connectivity index is 1.94. The van der Waals surface area contributed by atoms with Gasteiger partial charge in [-0.15, -0.1) is 0 Å². The molecule has 0 unspecified atom stereocenters. The van der Waals surface area contributed by atoms with E-state index < -0.39 is 5.97 Å². The molecule has 0 saturated heterocycles. The van der Waals surface area contributed by atoms with Crippen molar-refractivity contribution < 1.29 is 14.3 Å². The van der Waals surface area contributed by atoms with Crippen molar-refractivity contribution in [3.05, 3.63) is 57.9 Å². The molecule has 0 radical (unpaired) electrons. The smallest absolute Gasteiger partial charge is 0.331 e. The molecule has 1 aromatic carbocycles. The second kappa shape index (κ2) is 7.87. The zero-order valence-electron chi connectivity index (χ0n) is 15.7. The molecule has 138 valence electrons. The van der Waals surface area contributed by atoms with Crippen LogP contribution in [0.25, 0.3) is 6.08 Å². The summed E-state index contributed by atoms with van der Waals surface area (Å²) < 4.78 is 6.54. The lowest BCUT2D eigenvalue weighted by Crippen LogP contribution is -2.14. The fraction of sp³-hybridized carbons (Fsp3) is 0.350. The largest absolute Gasteiger partial charge is 0.454 e. The highest BCUT2D eigenvalue weighted by Gasteiger charge is 2.15. The Bertz CT molecular complexity index is 843. The standard InChI is InChI=1S/C20H23ClN2O3/c1-13-16(19(21)23(5)22-13)10-11-18(25)26-12-17(24)14-6-8-15(9-7-14)20(2,3)4/h6-11H,12H2,1-5H3/b11-10+. The molecule has 2 aromatic rings. The molecule has 0 atom stereocenters. The van der Waals surface area contributed by atoms with Gasteiger partial charge in [-0.2, -0.15) is 5.10 Å². The van der Waals surface area contributed by atoms with Crippen LogP contribution >= 0.6 is 11.6 Å². The monoisotopic (exact) mass is 374 g/mol. The molecular weight excluding hydrogens is 352 g/mol. The fourth-order valence-corrected chi connectivity index (χ4v) is 2.65. The second-order valence-electron chi connectivity index (χ2n) is 7.11. The number of benzene rings is 1. The van der Waals surface area contributed by atoms with Crippen LogP contribution in [0.4, 0.5) is 0 Å². The number of Topliss-reactive ketones (excluding diaryl/α,β-unsaturated/α-hetero) is 1. The minimum Gasteiger partial charge on any atom is -0.454 e. The van der Waals surface area contributed by atoms with Crippen LogP contribution in [0.3, 0.4) is 0 Å². The number of carbonyl (C=O) groups is 2. The molecule has 0 spiro atoms. The second-order valence-corrected chi connectivity index (χ2v) is 7.46. The molecule has 0 aliphatic heterocycles. The number of ether oxygens (including phenoxy) is 1. The van der Waals surface area contributed by atoms with Crippen molar-refractivity contribution in [3.63, 3.8) is 0 Å². The number of esters is 1. The topological polar surface area (TPSA) is 61.2 Å². The predicted octanol–water partition coefficient (Wildman–Crippen LogP) is 4.12. The Hall–Kier alpha value is -2.40. The van der Waals surface area contributed by atoms with Gasteiger partial charge < -0.3 is 4.74 Å². The number of hydrogen-bond donors (Lipinski definition) is 0. The van der Waals surface area contributed by atoms with Crippen LogP contribution in [0.1, 0.15) is 48.0 Å². The van der Waals surface area contributed by atoms with Crippen LogP contribution in [0.5, 0.6) is 0 Å². The van der Waals surface area contributed by atoms with Gasteiger partial charge in [0.25, 0.3) is 0 Å². The first-order valence-electron chi connectivity index (χ1n) is 8.27. The molecule has 1 heterocycles. The van der Waals surface area contributed by atoms with Crippen LogP contribution in [0.2, 0.25) is 5.15 Å². The molecule has 0 aliphatic rings. The Labute approximate surface area is 158 Å². The molecule has 0 N–H and O–H groups in total. The van der Waals surface area contributed by atoms with Gasteiger partial charge in [-0.3, -0.25) is 9.48 Å². The molecule has 0 aliphatic carbocycles. The summed E-state index contributed by atoms with van der Waals surface area (Å²) in [6, 6.07) is 7.35. The third kappa shape index (κ3) is 4.82. The third-order valence-corrected chi connectivity index (χ3v) is 4.45. The number of halogens is 1. The lowest BCUT2D eigenvalue weighted by molar-refractivity contribution is -0.136. The quantitative estimate of drug-likeness (QED) is 0.448. The van der Waals surface area contributed by atoms with E-state index in [1.54, 1.807) is 26.1 Å². The molecule has 1 aromatic heterocycles. The summed E-state index contributed by atoms with van der Waals surface area (Å²) >= 11 is 6.09. The van der Waals surface area contributed by atoms with Crippen molar-refractivity contribution in [1.29, 1.82) is 0 Å². The molecule has 0 bridgehead atoms. The zero-order chi connectivity index (χ0) is 19.5. The molecule has 0 fully saturated rings. The summed E-state index contributed by atoms with van der Waals surface area (Å²) in [6.07, 6.45) is 2.78. The summed E-state index contributed by atoms with van der Waals surface area (Å²) in [7, 11) is 1.72. The van der Waals surface area contributed by atoms with Gasteiger partial charge in [0.05, 0.1) is 5.69 Å². The zero-order valence-corrected chi connectivity index (χ0v) is 16.4. The van der Waals surface area contributed by atoms with Gasteiger partial charge in [-0.1, -0.05) is 56.6 Å². The average Bonchev–Trinajstić information content (AvgIpc) is 2.82. The number of aromatic nitrogens is 2. The van der Waals surface area contributed by atoms with E-state index in [4.69, 9.17) is 16.3 Å². The van der Waals surface area contributed by atoms with Gasteiger partial charge in [0, 0.05) is 24.3 Å². The fourth-order valence-electron chi connectivity index (χ4n) is 2.41. The van der Waals surface area contributed by atoms with Crippen LogP contribution in [-0.4, -0.2) is 28.1 Å². The van der Waals surface area contributed by atoms with E-state index in [2.05, 4.69) is 25.9 Å². The summed E-state index contributed by atoms with van der Waals surface area (Å²) in [5, 5.41) is 4.59. The van der Waals surface area contributed by atoms with Gasteiger partial charge >= 0.3 is 5.97 Å².